The fourth-order valence-corrected chi connectivity index (χ4v) is 4.84. The van der Waals surface area contributed by atoms with Crippen LogP contribution in [0.25, 0.3) is 22.1 Å². The lowest BCUT2D eigenvalue weighted by molar-refractivity contribution is 0.236. The summed E-state index contributed by atoms with van der Waals surface area (Å²) in [7, 11) is 0. The minimum atomic E-state index is -0.0716. The topological polar surface area (TPSA) is 62.1 Å². The summed E-state index contributed by atoms with van der Waals surface area (Å²) in [5, 5.41) is 0.679. The quantitative estimate of drug-likeness (QED) is 0.252. The maximum Gasteiger partial charge on any atom is 0.274 e. The predicted octanol–water partition coefficient (Wildman–Crippen LogP) is 5.36. The molecule has 0 saturated heterocycles. The van der Waals surface area contributed by atoms with E-state index in [4.69, 9.17) is 25.8 Å². The molecule has 3 aromatic carbocycles. The van der Waals surface area contributed by atoms with Crippen molar-refractivity contribution in [2.45, 2.75) is 13.3 Å². The second-order valence-corrected chi connectivity index (χ2v) is 9.22. The first-order valence-electron chi connectivity index (χ1n) is 11.3. The lowest BCUT2D eigenvalue weighted by atomic mass is 10.2. The molecule has 0 atom stereocenters. The number of fused-ring (bicyclic) bond motifs is 3. The van der Waals surface area contributed by atoms with Crippen LogP contribution in [0.2, 0.25) is 5.02 Å². The normalized spacial score (nSPS) is 11.9. The van der Waals surface area contributed by atoms with Crippen LogP contribution in [0.4, 0.5) is 0 Å². The Kier molecular flexibility index (Phi) is 6.88. The molecule has 2 heterocycles. The van der Waals surface area contributed by atoms with Crippen molar-refractivity contribution in [3.05, 3.63) is 92.2 Å². The Bertz CT molecular complexity index is 1580. The number of halogens is 1. The van der Waals surface area contributed by atoms with Gasteiger partial charge in [-0.25, -0.2) is 9.38 Å². The van der Waals surface area contributed by atoms with Crippen LogP contribution in [0.3, 0.4) is 0 Å². The van der Waals surface area contributed by atoms with Crippen LogP contribution < -0.4 is 24.3 Å². The SMILES string of the molecule is CCOc1cc(C=c2sc3nc4ccccc4n3c2=O)ccc1OCCCOc1ccc(Cl)cc1. The van der Waals surface area contributed by atoms with Crippen molar-refractivity contribution in [2.75, 3.05) is 19.8 Å². The molecular weight excluding hydrogens is 484 g/mol. The summed E-state index contributed by atoms with van der Waals surface area (Å²) in [5.74, 6) is 2.07. The van der Waals surface area contributed by atoms with Crippen LogP contribution in [0.15, 0.2) is 71.5 Å². The largest absolute Gasteiger partial charge is 0.493 e. The molecule has 0 amide bonds. The molecule has 0 N–H and O–H groups in total. The Labute approximate surface area is 211 Å². The van der Waals surface area contributed by atoms with E-state index in [0.29, 0.717) is 52.3 Å². The predicted molar refractivity (Wildman–Crippen MR) is 140 cm³/mol. The fourth-order valence-electron chi connectivity index (χ4n) is 3.73. The summed E-state index contributed by atoms with van der Waals surface area (Å²) < 4.78 is 19.7. The van der Waals surface area contributed by atoms with E-state index >= 15 is 0 Å². The van der Waals surface area contributed by atoms with Crippen molar-refractivity contribution in [3.63, 3.8) is 0 Å². The average molecular weight is 507 g/mol. The average Bonchev–Trinajstić information content (AvgIpc) is 3.37. The molecule has 2 aromatic heterocycles. The molecule has 0 radical (unpaired) electrons. The van der Waals surface area contributed by atoms with Crippen LogP contribution in [0.5, 0.6) is 17.2 Å². The van der Waals surface area contributed by atoms with Crippen LogP contribution in [-0.4, -0.2) is 29.2 Å². The third kappa shape index (κ3) is 5.11. The third-order valence-electron chi connectivity index (χ3n) is 5.34. The molecule has 8 heteroatoms. The Balaban J connectivity index is 1.30. The molecule has 178 valence electrons. The second-order valence-electron chi connectivity index (χ2n) is 7.78. The van der Waals surface area contributed by atoms with Gasteiger partial charge in [0.1, 0.15) is 5.75 Å². The summed E-state index contributed by atoms with van der Waals surface area (Å²) in [6.07, 6.45) is 2.58. The number of ether oxygens (including phenoxy) is 3. The minimum Gasteiger partial charge on any atom is -0.493 e. The molecule has 0 unspecified atom stereocenters. The molecule has 0 bridgehead atoms. The summed E-state index contributed by atoms with van der Waals surface area (Å²) in [6, 6.07) is 20.6. The minimum absolute atomic E-state index is 0.0716. The number of benzene rings is 3. The van der Waals surface area contributed by atoms with Crippen molar-refractivity contribution in [3.8, 4) is 17.2 Å². The molecule has 0 fully saturated rings. The third-order valence-corrected chi connectivity index (χ3v) is 6.56. The van der Waals surface area contributed by atoms with Gasteiger partial charge in [-0.15, -0.1) is 0 Å². The summed E-state index contributed by atoms with van der Waals surface area (Å²) in [5.41, 5.74) is 2.43. The number of para-hydroxylation sites is 2. The smallest absolute Gasteiger partial charge is 0.274 e. The van der Waals surface area contributed by atoms with Crippen molar-refractivity contribution in [2.24, 2.45) is 0 Å². The maximum absolute atomic E-state index is 13.0. The molecule has 0 aliphatic rings. The van der Waals surface area contributed by atoms with Gasteiger partial charge in [0.15, 0.2) is 16.5 Å². The number of rotatable bonds is 9. The van der Waals surface area contributed by atoms with Crippen molar-refractivity contribution in [1.29, 1.82) is 0 Å². The number of imidazole rings is 1. The second kappa shape index (κ2) is 10.4. The van der Waals surface area contributed by atoms with Crippen molar-refractivity contribution >= 4 is 45.0 Å². The van der Waals surface area contributed by atoms with E-state index in [2.05, 4.69) is 4.98 Å². The van der Waals surface area contributed by atoms with Gasteiger partial charge in [-0.05, 0) is 67.1 Å². The van der Waals surface area contributed by atoms with E-state index in [1.54, 1.807) is 16.5 Å². The van der Waals surface area contributed by atoms with E-state index in [1.807, 2.05) is 67.6 Å². The lowest BCUT2D eigenvalue weighted by Gasteiger charge is -2.13. The van der Waals surface area contributed by atoms with Gasteiger partial charge in [-0.2, -0.15) is 0 Å². The van der Waals surface area contributed by atoms with E-state index in [0.717, 1.165) is 22.3 Å². The Morgan fingerprint density at radius 3 is 2.60 bits per heavy atom. The van der Waals surface area contributed by atoms with E-state index in [-0.39, 0.29) is 5.56 Å². The first-order chi connectivity index (χ1) is 17.1. The molecule has 5 rings (SSSR count). The molecule has 35 heavy (non-hydrogen) atoms. The molecular formula is C27H23ClN2O4S. The number of thiazole rings is 1. The number of hydrogen-bond donors (Lipinski definition) is 0. The maximum atomic E-state index is 13.0. The van der Waals surface area contributed by atoms with Crippen LogP contribution in [0.1, 0.15) is 18.9 Å². The summed E-state index contributed by atoms with van der Waals surface area (Å²) >= 11 is 7.27. The highest BCUT2D eigenvalue weighted by Gasteiger charge is 2.11. The van der Waals surface area contributed by atoms with Gasteiger partial charge >= 0.3 is 0 Å². The summed E-state index contributed by atoms with van der Waals surface area (Å²) in [4.78, 5) is 18.3. The monoisotopic (exact) mass is 506 g/mol. The zero-order valence-corrected chi connectivity index (χ0v) is 20.6. The van der Waals surface area contributed by atoms with Gasteiger partial charge in [0, 0.05) is 11.4 Å². The first-order valence-corrected chi connectivity index (χ1v) is 12.5. The van der Waals surface area contributed by atoms with Gasteiger partial charge in [0.2, 0.25) is 0 Å². The number of hydrogen-bond acceptors (Lipinski definition) is 6. The van der Waals surface area contributed by atoms with Gasteiger partial charge in [-0.1, -0.05) is 41.1 Å². The lowest BCUT2D eigenvalue weighted by Crippen LogP contribution is -2.22. The van der Waals surface area contributed by atoms with Gasteiger partial charge in [-0.3, -0.25) is 4.79 Å². The van der Waals surface area contributed by atoms with E-state index in [1.165, 1.54) is 11.3 Å². The Morgan fingerprint density at radius 2 is 1.77 bits per heavy atom. The van der Waals surface area contributed by atoms with Crippen LogP contribution in [-0.2, 0) is 0 Å². The van der Waals surface area contributed by atoms with Gasteiger partial charge < -0.3 is 14.2 Å². The van der Waals surface area contributed by atoms with Gasteiger partial charge in [0.05, 0.1) is 35.4 Å². The molecule has 6 nitrogen and oxygen atoms in total. The molecule has 0 aliphatic carbocycles. The molecule has 0 saturated carbocycles. The van der Waals surface area contributed by atoms with Crippen molar-refractivity contribution < 1.29 is 14.2 Å². The van der Waals surface area contributed by atoms with Crippen LogP contribution in [0, 0.1) is 0 Å². The standard InChI is InChI=1S/C27H23ClN2O4S/c1-2-32-24-16-18(8-13-23(24)34-15-5-14-33-20-11-9-19(28)10-12-20)17-25-26(31)30-22-7-4-3-6-21(22)29-27(30)35-25/h3-4,6-13,16-17H,2,5,14-15H2,1H3. The van der Waals surface area contributed by atoms with E-state index < -0.39 is 0 Å². The van der Waals surface area contributed by atoms with Gasteiger partial charge in [0.25, 0.3) is 5.56 Å². The highest BCUT2D eigenvalue weighted by molar-refractivity contribution is 7.15. The highest BCUT2D eigenvalue weighted by Crippen LogP contribution is 2.29. The highest BCUT2D eigenvalue weighted by atomic mass is 35.5. The van der Waals surface area contributed by atoms with Crippen molar-refractivity contribution in [1.82, 2.24) is 9.38 Å². The zero-order chi connectivity index (χ0) is 24.2. The molecule has 0 aliphatic heterocycles. The molecule has 5 aromatic rings. The fraction of sp³-hybridized carbons (Fsp3) is 0.185. The molecule has 0 spiro atoms. The van der Waals surface area contributed by atoms with Crippen LogP contribution >= 0.6 is 22.9 Å². The van der Waals surface area contributed by atoms with E-state index in [9.17, 15) is 4.79 Å². The Morgan fingerprint density at radius 1 is 0.971 bits per heavy atom. The Hall–Kier alpha value is -3.55. The number of nitrogens with zero attached hydrogens (tertiary/aromatic N) is 2. The number of aromatic nitrogens is 2. The summed E-state index contributed by atoms with van der Waals surface area (Å²) in [6.45, 7) is 3.44. The first kappa shape index (κ1) is 23.2. The zero-order valence-electron chi connectivity index (χ0n) is 19.1.